The van der Waals surface area contributed by atoms with Gasteiger partial charge in [-0.15, -0.1) is 0 Å². The van der Waals surface area contributed by atoms with Crippen LogP contribution in [-0.4, -0.2) is 72.9 Å². The van der Waals surface area contributed by atoms with Crippen molar-refractivity contribution in [2.45, 2.75) is 164 Å². The van der Waals surface area contributed by atoms with Gasteiger partial charge in [0.15, 0.2) is 34.1 Å². The van der Waals surface area contributed by atoms with Crippen LogP contribution >= 0.6 is 0 Å². The lowest BCUT2D eigenvalue weighted by Crippen LogP contribution is -2.30. The minimum atomic E-state index is -0.843. The molecule has 0 saturated heterocycles. The number of nitrogens with zero attached hydrogens (tertiary/aromatic N) is 6. The normalized spacial score (nSPS) is 13.0. The second-order valence-corrected chi connectivity index (χ2v) is 33.5. The van der Waals surface area contributed by atoms with Crippen LogP contribution in [0.2, 0.25) is 0 Å². The van der Waals surface area contributed by atoms with Crippen molar-refractivity contribution in [2.24, 2.45) is 0 Å². The molecule has 660 valence electrons. The molecule has 0 amide bonds. The van der Waals surface area contributed by atoms with Gasteiger partial charge in [0.05, 0.1) is 79.1 Å². The predicted octanol–water partition coefficient (Wildman–Crippen LogP) is 19.0. The molecule has 0 bridgehead atoms. The molecule has 0 radical (unpaired) electrons. The highest BCUT2D eigenvalue weighted by Crippen LogP contribution is 2.42. The quantitative estimate of drug-likeness (QED) is 0.0491. The van der Waals surface area contributed by atoms with Crippen LogP contribution in [0.25, 0.3) is 29.1 Å². The van der Waals surface area contributed by atoms with E-state index < -0.39 is 42.7 Å². The molecule has 6 heterocycles. The summed E-state index contributed by atoms with van der Waals surface area (Å²) >= 11 is 0. The molecule has 6 aliphatic heterocycles. The van der Waals surface area contributed by atoms with E-state index in [1.165, 1.54) is 0 Å². The minimum Gasteiger partial charge on any atom is -0.457 e. The molecule has 30 heteroatoms. The van der Waals surface area contributed by atoms with Crippen LogP contribution in [-0.2, 0) is 67.6 Å². The minimum absolute atomic E-state index is 0.391. The van der Waals surface area contributed by atoms with Crippen molar-refractivity contribution >= 4 is 110 Å². The Kier molecular flexibility index (Phi) is 29.9. The standard InChI is InChI=1S/6C17H16BNO3/c1-10-7-16(11(2)6-15(10)19-4)22-14-5-12(3)17-13(8-14)9-21-18(17)20;1-10-7-16(12(3)6-15(10)19-4)22-17-8-13-9-21-18(20)14(13)5-11(17)2;1-10-7-15-13(9-21-18(15)20)8-16(10)22-14-5-11(2)17(19-4)12(3)6-14;1-10-5-15(8-13-9-21-18(20)16(10)13)22-14-6-11(2)17(19-4)12(3)7-14;1-10-8-17(11(2)7-15(10)19-4)22-16-6-5-14-13(12(16)3)9-21-18(14)20;1-10-7-13(8-11(2)17(10)19-4)22-16-6-5-15-14(12(16)3)9-21-18(15)20/h6*5-8,20H,9H2,1-3H3. The summed E-state index contributed by atoms with van der Waals surface area (Å²) < 4.78 is 67.4. The van der Waals surface area contributed by atoms with Crippen LogP contribution in [0, 0.1) is 164 Å². The molecular weight excluding hydrogens is 1660 g/mol. The van der Waals surface area contributed by atoms with E-state index in [1.54, 1.807) is 0 Å². The number of hydrogen-bond acceptors (Lipinski definition) is 18. The van der Waals surface area contributed by atoms with Crippen LogP contribution < -0.4 is 61.2 Å². The van der Waals surface area contributed by atoms with Crippen LogP contribution in [0.15, 0.2) is 146 Å². The van der Waals surface area contributed by atoms with Crippen molar-refractivity contribution in [1.82, 2.24) is 0 Å². The second kappa shape index (κ2) is 41.2. The topological polar surface area (TPSA) is 258 Å². The van der Waals surface area contributed by atoms with Crippen molar-refractivity contribution in [3.8, 4) is 69.0 Å². The van der Waals surface area contributed by atoms with Gasteiger partial charge in [-0.1, -0.05) is 24.3 Å². The fraction of sp³-hybridized carbons (Fsp3) is 0.235. The Morgan fingerprint density at radius 3 is 0.841 bits per heavy atom. The summed E-state index contributed by atoms with van der Waals surface area (Å²) in [6, 6.07) is 45.0. The smallest absolute Gasteiger partial charge is 0.457 e. The Labute approximate surface area is 772 Å². The van der Waals surface area contributed by atoms with Gasteiger partial charge in [-0.3, -0.25) is 0 Å². The van der Waals surface area contributed by atoms with E-state index in [-0.39, 0.29) is 0 Å². The average molecular weight is 1760 g/mol. The molecule has 0 aromatic heterocycles. The number of rotatable bonds is 12. The molecular formula is C102H96B6N6O18. The molecule has 18 rings (SSSR count). The maximum atomic E-state index is 9.79. The van der Waals surface area contributed by atoms with Gasteiger partial charge >= 0.3 is 42.7 Å². The zero-order valence-electron chi connectivity index (χ0n) is 76.8. The van der Waals surface area contributed by atoms with Gasteiger partial charge in [-0.2, -0.15) is 0 Å². The maximum absolute atomic E-state index is 9.79. The lowest BCUT2D eigenvalue weighted by atomic mass is 9.76. The Bertz CT molecular complexity index is 6650. The molecule has 132 heavy (non-hydrogen) atoms. The number of ether oxygens (including phenoxy) is 6. The first-order valence-electron chi connectivity index (χ1n) is 42.5. The molecule has 0 atom stereocenters. The van der Waals surface area contributed by atoms with Gasteiger partial charge in [-0.05, 0) is 412 Å². The van der Waals surface area contributed by atoms with Crippen LogP contribution in [0.4, 0.5) is 34.1 Å². The lowest BCUT2D eigenvalue weighted by Gasteiger charge is -2.14. The first-order valence-corrected chi connectivity index (χ1v) is 42.5. The molecule has 12 aromatic rings. The Morgan fingerprint density at radius 1 is 0.227 bits per heavy atom. The molecule has 6 aliphatic rings. The summed E-state index contributed by atoms with van der Waals surface area (Å²) in [6.45, 7) is 80.0. The van der Waals surface area contributed by atoms with Gasteiger partial charge < -0.3 is 86.5 Å². The molecule has 0 aliphatic carbocycles. The molecule has 0 spiro atoms. The molecule has 0 saturated carbocycles. The number of hydrogen-bond donors (Lipinski definition) is 6. The van der Waals surface area contributed by atoms with Crippen molar-refractivity contribution in [2.75, 3.05) is 0 Å². The molecule has 0 fully saturated rings. The monoisotopic (exact) mass is 1760 g/mol. The maximum Gasteiger partial charge on any atom is 0.492 e. The predicted molar refractivity (Wildman–Crippen MR) is 515 cm³/mol. The number of benzene rings is 12. The molecule has 6 N–H and O–H groups in total. The zero-order chi connectivity index (χ0) is 95.1. The van der Waals surface area contributed by atoms with Crippen molar-refractivity contribution in [1.29, 1.82) is 0 Å². The Hall–Kier alpha value is -13.7. The van der Waals surface area contributed by atoms with E-state index in [4.69, 9.17) is 95.8 Å². The molecule has 12 aromatic carbocycles. The third-order valence-corrected chi connectivity index (χ3v) is 23.8. The van der Waals surface area contributed by atoms with E-state index in [2.05, 4.69) is 29.1 Å². The zero-order valence-corrected chi connectivity index (χ0v) is 76.8. The fourth-order valence-electron chi connectivity index (χ4n) is 16.5. The van der Waals surface area contributed by atoms with Crippen LogP contribution in [0.5, 0.6) is 69.0 Å². The van der Waals surface area contributed by atoms with Gasteiger partial charge in [0.2, 0.25) is 0 Å². The van der Waals surface area contributed by atoms with Gasteiger partial charge in [0.1, 0.15) is 69.0 Å². The third kappa shape index (κ3) is 21.2. The SMILES string of the molecule is [C-]#[N+]c1c(C)cc(Oc2cc(C)c3c(c2)COB3O)cc1C.[C-]#[N+]c1c(C)cc(Oc2cc3c(cc2C)B(O)OC3)cc1C.[C-]#[N+]c1c(C)cc(Oc2ccc3c(c2C)COB3O)cc1C.[C-]#[N+]c1cc(C)c(Oc2cc(C)c3c(c2)COB3O)cc1C.[C-]#[N+]c1cc(C)c(Oc2cc3c(cc2C)B(O)OC3)cc1C.[C-]#[N+]c1cc(C)c(Oc2ccc3c(c2C)COB3O)cc1C. The highest BCUT2D eigenvalue weighted by atomic mass is 16.5. The highest BCUT2D eigenvalue weighted by Gasteiger charge is 2.36. The first kappa shape index (κ1) is 95.9. The van der Waals surface area contributed by atoms with Gasteiger partial charge in [-0.25, -0.2) is 29.1 Å². The summed E-state index contributed by atoms with van der Waals surface area (Å²) in [4.78, 5) is 21.1. The number of fused-ring (bicyclic) bond motifs is 6. The largest absolute Gasteiger partial charge is 0.492 e. The van der Waals surface area contributed by atoms with Crippen LogP contribution in [0.3, 0.4) is 0 Å². The first-order chi connectivity index (χ1) is 63.0. The molecule has 24 nitrogen and oxygen atoms in total. The fourth-order valence-corrected chi connectivity index (χ4v) is 16.5. The highest BCUT2D eigenvalue weighted by molar-refractivity contribution is 6.64. The summed E-state index contributed by atoms with van der Waals surface area (Å²) in [5.41, 5.74) is 31.2. The van der Waals surface area contributed by atoms with Crippen LogP contribution in [0.1, 0.15) is 134 Å². The van der Waals surface area contributed by atoms with Gasteiger partial charge in [0.25, 0.3) is 0 Å². The van der Waals surface area contributed by atoms with E-state index in [9.17, 15) is 30.1 Å². The summed E-state index contributed by atoms with van der Waals surface area (Å²) in [5.74, 6) is 8.76. The molecule has 0 unspecified atom stereocenters. The summed E-state index contributed by atoms with van der Waals surface area (Å²) in [6.07, 6.45) is 0. The van der Waals surface area contributed by atoms with Crippen molar-refractivity contribution in [3.05, 3.63) is 348 Å². The summed E-state index contributed by atoms with van der Waals surface area (Å²) in [7, 11) is -5.05. The Balaban J connectivity index is 0.000000135. The average Bonchev–Trinajstić information content (AvgIpc) is 1.64. The van der Waals surface area contributed by atoms with E-state index in [1.807, 2.05) is 270 Å². The summed E-state index contributed by atoms with van der Waals surface area (Å²) in [5, 5.41) is 58.5. The van der Waals surface area contributed by atoms with Crippen molar-refractivity contribution < 1.29 is 86.5 Å². The second-order valence-electron chi connectivity index (χ2n) is 33.5. The number of aryl methyl sites for hydroxylation is 16. The van der Waals surface area contributed by atoms with Crippen molar-refractivity contribution in [3.63, 3.8) is 0 Å². The van der Waals surface area contributed by atoms with Gasteiger partial charge in [0, 0.05) is 0 Å². The lowest BCUT2D eigenvalue weighted by molar-refractivity contribution is 0.274. The Morgan fingerprint density at radius 2 is 0.485 bits per heavy atom. The van der Waals surface area contributed by atoms with E-state index >= 15 is 0 Å². The van der Waals surface area contributed by atoms with E-state index in [0.717, 1.165) is 207 Å². The van der Waals surface area contributed by atoms with E-state index in [0.29, 0.717) is 103 Å². The third-order valence-electron chi connectivity index (χ3n) is 23.8.